The van der Waals surface area contributed by atoms with Gasteiger partial charge in [-0.2, -0.15) is 0 Å². The molecule has 2 aromatic rings. The largest absolute Gasteiger partial charge is 0.478 e. The Morgan fingerprint density at radius 2 is 1.79 bits per heavy atom. The molecule has 0 aliphatic rings. The van der Waals surface area contributed by atoms with Gasteiger partial charge in [0.15, 0.2) is 0 Å². The van der Waals surface area contributed by atoms with Crippen molar-refractivity contribution in [3.05, 3.63) is 64.0 Å². The molecular formula is C13H8FNO4. The third kappa shape index (κ3) is 2.57. The molecule has 19 heavy (non-hydrogen) atoms. The predicted octanol–water partition coefficient (Wildman–Crippen LogP) is 3.10. The fourth-order valence-corrected chi connectivity index (χ4v) is 1.69. The van der Waals surface area contributed by atoms with Crippen LogP contribution in [-0.4, -0.2) is 16.0 Å². The Morgan fingerprint density at radius 3 is 2.32 bits per heavy atom. The summed E-state index contributed by atoms with van der Waals surface area (Å²) in [7, 11) is 0. The smallest absolute Gasteiger partial charge is 0.335 e. The molecule has 5 nitrogen and oxygen atoms in total. The van der Waals surface area contributed by atoms with E-state index in [0.29, 0.717) is 5.56 Å². The minimum absolute atomic E-state index is 0.0649. The maximum absolute atomic E-state index is 12.8. The van der Waals surface area contributed by atoms with Gasteiger partial charge in [0.1, 0.15) is 5.82 Å². The molecule has 0 unspecified atom stereocenters. The van der Waals surface area contributed by atoms with Crippen molar-refractivity contribution < 1.29 is 19.2 Å². The Kier molecular flexibility index (Phi) is 3.24. The average Bonchev–Trinajstić information content (AvgIpc) is 2.38. The molecule has 2 aromatic carbocycles. The second-order valence-corrected chi connectivity index (χ2v) is 3.80. The minimum Gasteiger partial charge on any atom is -0.478 e. The molecule has 0 fully saturated rings. The van der Waals surface area contributed by atoms with E-state index in [1.807, 2.05) is 0 Å². The first kappa shape index (κ1) is 12.7. The first-order chi connectivity index (χ1) is 8.99. The maximum Gasteiger partial charge on any atom is 0.335 e. The second kappa shape index (κ2) is 4.85. The molecule has 0 aliphatic carbocycles. The number of carboxylic acids is 1. The Bertz CT molecular complexity index is 652. The summed E-state index contributed by atoms with van der Waals surface area (Å²) >= 11 is 0. The van der Waals surface area contributed by atoms with Crippen LogP contribution in [0.1, 0.15) is 10.4 Å². The molecule has 0 amide bonds. The third-order valence-electron chi connectivity index (χ3n) is 2.60. The lowest BCUT2D eigenvalue weighted by Crippen LogP contribution is -1.99. The van der Waals surface area contributed by atoms with Gasteiger partial charge >= 0.3 is 5.97 Å². The molecule has 96 valence electrons. The van der Waals surface area contributed by atoms with Crippen LogP contribution in [0, 0.1) is 15.9 Å². The van der Waals surface area contributed by atoms with Crippen LogP contribution in [0.5, 0.6) is 0 Å². The highest BCUT2D eigenvalue weighted by Crippen LogP contribution is 2.30. The van der Waals surface area contributed by atoms with Gasteiger partial charge in [0.25, 0.3) is 5.69 Å². The van der Waals surface area contributed by atoms with Gasteiger partial charge in [-0.05, 0) is 29.8 Å². The number of carbonyl (C=O) groups is 1. The minimum atomic E-state index is -1.18. The number of rotatable bonds is 3. The van der Waals surface area contributed by atoms with E-state index < -0.39 is 16.7 Å². The maximum atomic E-state index is 12.8. The molecule has 0 radical (unpaired) electrons. The summed E-state index contributed by atoms with van der Waals surface area (Å²) in [6.45, 7) is 0. The number of nitro benzene ring substituents is 1. The number of nitrogens with zero attached hydrogens (tertiary/aromatic N) is 1. The summed E-state index contributed by atoms with van der Waals surface area (Å²) < 4.78 is 12.8. The molecule has 0 saturated heterocycles. The zero-order valence-corrected chi connectivity index (χ0v) is 9.54. The number of nitro groups is 1. The second-order valence-electron chi connectivity index (χ2n) is 3.80. The van der Waals surface area contributed by atoms with Crippen molar-refractivity contribution in [2.45, 2.75) is 0 Å². The Labute approximate surface area is 107 Å². The summed E-state index contributed by atoms with van der Waals surface area (Å²) in [6.07, 6.45) is 0. The lowest BCUT2D eigenvalue weighted by atomic mass is 10.0. The van der Waals surface area contributed by atoms with E-state index in [0.717, 1.165) is 24.3 Å². The van der Waals surface area contributed by atoms with Gasteiger partial charge < -0.3 is 5.11 Å². The van der Waals surface area contributed by atoms with E-state index in [2.05, 4.69) is 0 Å². The van der Waals surface area contributed by atoms with Gasteiger partial charge in [-0.15, -0.1) is 0 Å². The summed E-state index contributed by atoms with van der Waals surface area (Å²) in [6, 6.07) is 8.54. The quantitative estimate of drug-likeness (QED) is 0.680. The van der Waals surface area contributed by atoms with Crippen LogP contribution in [0.3, 0.4) is 0 Å². The first-order valence-electron chi connectivity index (χ1n) is 5.26. The zero-order chi connectivity index (χ0) is 14.0. The SMILES string of the molecule is O=C(O)c1ccc([N+](=O)[O-])c(-c2ccc(F)cc2)c1. The summed E-state index contributed by atoms with van der Waals surface area (Å²) in [4.78, 5) is 21.2. The van der Waals surface area contributed by atoms with Crippen molar-refractivity contribution in [2.24, 2.45) is 0 Å². The summed E-state index contributed by atoms with van der Waals surface area (Å²) in [5, 5.41) is 19.8. The van der Waals surface area contributed by atoms with E-state index in [9.17, 15) is 19.3 Å². The number of aromatic carboxylic acids is 1. The average molecular weight is 261 g/mol. The number of hydrogen-bond acceptors (Lipinski definition) is 3. The van der Waals surface area contributed by atoms with Crippen LogP contribution >= 0.6 is 0 Å². The van der Waals surface area contributed by atoms with Gasteiger partial charge in [0.05, 0.1) is 16.1 Å². The standard InChI is InChI=1S/C13H8FNO4/c14-10-4-1-8(2-5-10)11-7-9(13(16)17)3-6-12(11)15(18)19/h1-7H,(H,16,17). The number of hydrogen-bond donors (Lipinski definition) is 1. The summed E-state index contributed by atoms with van der Waals surface area (Å²) in [5.41, 5.74) is 0.239. The fourth-order valence-electron chi connectivity index (χ4n) is 1.69. The lowest BCUT2D eigenvalue weighted by molar-refractivity contribution is -0.384. The summed E-state index contributed by atoms with van der Waals surface area (Å²) in [5.74, 6) is -1.65. The van der Waals surface area contributed by atoms with E-state index in [4.69, 9.17) is 5.11 Å². The first-order valence-corrected chi connectivity index (χ1v) is 5.26. The Morgan fingerprint density at radius 1 is 1.16 bits per heavy atom. The van der Waals surface area contributed by atoms with E-state index >= 15 is 0 Å². The van der Waals surface area contributed by atoms with Crippen molar-refractivity contribution in [1.82, 2.24) is 0 Å². The van der Waals surface area contributed by atoms with Crippen LogP contribution in [0.2, 0.25) is 0 Å². The Hall–Kier alpha value is -2.76. The molecule has 0 spiro atoms. The highest BCUT2D eigenvalue weighted by Gasteiger charge is 2.17. The molecule has 0 aliphatic heterocycles. The number of carboxylic acid groups (broad SMARTS) is 1. The van der Waals surface area contributed by atoms with Crippen molar-refractivity contribution in [1.29, 1.82) is 0 Å². The van der Waals surface area contributed by atoms with Crippen LogP contribution < -0.4 is 0 Å². The van der Waals surface area contributed by atoms with Gasteiger partial charge in [0, 0.05) is 6.07 Å². The fraction of sp³-hybridized carbons (Fsp3) is 0. The highest BCUT2D eigenvalue weighted by atomic mass is 19.1. The van der Waals surface area contributed by atoms with Gasteiger partial charge in [-0.1, -0.05) is 12.1 Å². The molecule has 0 bridgehead atoms. The third-order valence-corrected chi connectivity index (χ3v) is 2.60. The van der Waals surface area contributed by atoms with Crippen LogP contribution in [0.4, 0.5) is 10.1 Å². The van der Waals surface area contributed by atoms with Gasteiger partial charge in [-0.3, -0.25) is 10.1 Å². The van der Waals surface area contributed by atoms with Crippen LogP contribution in [0.25, 0.3) is 11.1 Å². The van der Waals surface area contributed by atoms with Crippen LogP contribution in [0.15, 0.2) is 42.5 Å². The topological polar surface area (TPSA) is 80.4 Å². The van der Waals surface area contributed by atoms with E-state index in [-0.39, 0.29) is 16.8 Å². The van der Waals surface area contributed by atoms with Gasteiger partial charge in [0.2, 0.25) is 0 Å². The van der Waals surface area contributed by atoms with Crippen molar-refractivity contribution >= 4 is 11.7 Å². The van der Waals surface area contributed by atoms with Crippen LogP contribution in [-0.2, 0) is 0 Å². The molecule has 6 heteroatoms. The molecule has 0 heterocycles. The van der Waals surface area contributed by atoms with Gasteiger partial charge in [-0.25, -0.2) is 9.18 Å². The van der Waals surface area contributed by atoms with Crippen molar-refractivity contribution in [2.75, 3.05) is 0 Å². The van der Waals surface area contributed by atoms with Crippen molar-refractivity contribution in [3.8, 4) is 11.1 Å². The molecule has 2 rings (SSSR count). The molecular weight excluding hydrogens is 253 g/mol. The predicted molar refractivity (Wildman–Crippen MR) is 65.4 cm³/mol. The number of benzene rings is 2. The lowest BCUT2D eigenvalue weighted by Gasteiger charge is -2.04. The van der Waals surface area contributed by atoms with Crippen molar-refractivity contribution in [3.63, 3.8) is 0 Å². The Balaban J connectivity index is 2.64. The number of halogens is 1. The van der Waals surface area contributed by atoms with E-state index in [1.165, 1.54) is 18.2 Å². The molecule has 0 atom stereocenters. The monoisotopic (exact) mass is 261 g/mol. The zero-order valence-electron chi connectivity index (χ0n) is 9.54. The molecule has 0 aromatic heterocycles. The normalized spacial score (nSPS) is 10.2. The highest BCUT2D eigenvalue weighted by molar-refractivity contribution is 5.91. The molecule has 1 N–H and O–H groups in total. The van der Waals surface area contributed by atoms with E-state index in [1.54, 1.807) is 0 Å². The molecule has 0 saturated carbocycles.